The van der Waals surface area contributed by atoms with Crippen molar-refractivity contribution in [2.75, 3.05) is 0 Å². The van der Waals surface area contributed by atoms with Gasteiger partial charge in [0.05, 0.1) is 11.0 Å². The monoisotopic (exact) mass is 764 g/mol. The summed E-state index contributed by atoms with van der Waals surface area (Å²) >= 11 is 0. The molecular formula is C55H32N4O. The van der Waals surface area contributed by atoms with Gasteiger partial charge in [-0.1, -0.05) is 140 Å². The highest BCUT2D eigenvalue weighted by atomic mass is 16.3. The number of rotatable bonds is 4. The number of para-hydroxylation sites is 1. The molecular weight excluding hydrogens is 733 g/mol. The molecule has 0 amide bonds. The van der Waals surface area contributed by atoms with E-state index in [0.29, 0.717) is 17.5 Å². The lowest BCUT2D eigenvalue weighted by molar-refractivity contribution is 0.672. The van der Waals surface area contributed by atoms with E-state index < -0.39 is 0 Å². The maximum Gasteiger partial charge on any atom is 0.164 e. The van der Waals surface area contributed by atoms with E-state index in [0.717, 1.165) is 76.9 Å². The smallest absolute Gasteiger partial charge is 0.164 e. The van der Waals surface area contributed by atoms with Gasteiger partial charge in [0.25, 0.3) is 0 Å². The molecule has 5 heteroatoms. The molecule has 3 heterocycles. The molecule has 3 aromatic heterocycles. The van der Waals surface area contributed by atoms with Crippen LogP contribution >= 0.6 is 0 Å². The average Bonchev–Trinajstić information content (AvgIpc) is 3.85. The Hall–Kier alpha value is -8.15. The van der Waals surface area contributed by atoms with E-state index in [1.807, 2.05) is 0 Å². The first kappa shape index (κ1) is 32.9. The minimum absolute atomic E-state index is 0.609. The summed E-state index contributed by atoms with van der Waals surface area (Å²) in [6, 6.07) is 68.7. The molecule has 0 unspecified atom stereocenters. The van der Waals surface area contributed by atoms with Gasteiger partial charge in [0.2, 0.25) is 0 Å². The van der Waals surface area contributed by atoms with E-state index >= 15 is 0 Å². The Balaban J connectivity index is 1.03. The predicted octanol–water partition coefficient (Wildman–Crippen LogP) is 14.5. The molecule has 60 heavy (non-hydrogen) atoms. The lowest BCUT2D eigenvalue weighted by Crippen LogP contribution is -2.01. The van der Waals surface area contributed by atoms with Crippen LogP contribution in [-0.2, 0) is 0 Å². The number of hydrogen-bond acceptors (Lipinski definition) is 4. The lowest BCUT2D eigenvalue weighted by Gasteiger charge is -2.12. The van der Waals surface area contributed by atoms with Crippen LogP contribution in [0.5, 0.6) is 0 Å². The average molecular weight is 765 g/mol. The Labute approximate surface area is 343 Å². The van der Waals surface area contributed by atoms with Crippen LogP contribution in [0.4, 0.5) is 0 Å². The third-order valence-electron chi connectivity index (χ3n) is 12.2. The molecule has 0 radical (unpaired) electrons. The SMILES string of the molecule is c1ccc2cc(-c3nc(-c4ccc5ccccc5c4)nc(-c4cc5c6ccc(-n7c8ccccc8c8cc9ccccc9cc87)cc6oc5c5ccccc45)n3)ccc2c1. The zero-order valence-electron chi connectivity index (χ0n) is 32.2. The Morgan fingerprint density at radius 3 is 1.57 bits per heavy atom. The van der Waals surface area contributed by atoms with Crippen molar-refractivity contribution in [2.45, 2.75) is 0 Å². The van der Waals surface area contributed by atoms with E-state index in [-0.39, 0.29) is 0 Å². The van der Waals surface area contributed by atoms with Gasteiger partial charge in [-0.2, -0.15) is 0 Å². The van der Waals surface area contributed by atoms with Crippen molar-refractivity contribution in [2.24, 2.45) is 0 Å². The van der Waals surface area contributed by atoms with E-state index in [1.165, 1.54) is 32.3 Å². The highest BCUT2D eigenvalue weighted by Gasteiger charge is 2.21. The second-order valence-corrected chi connectivity index (χ2v) is 15.6. The van der Waals surface area contributed by atoms with Crippen molar-refractivity contribution in [1.29, 1.82) is 0 Å². The second-order valence-electron chi connectivity index (χ2n) is 15.6. The van der Waals surface area contributed by atoms with Crippen LogP contribution in [0.25, 0.3) is 127 Å². The summed E-state index contributed by atoms with van der Waals surface area (Å²) in [5.41, 5.74) is 7.82. The number of fused-ring (bicyclic) bond motifs is 11. The first-order chi connectivity index (χ1) is 29.7. The number of nitrogens with zero attached hydrogens (tertiary/aromatic N) is 4. The molecule has 0 aliphatic carbocycles. The van der Waals surface area contributed by atoms with E-state index in [4.69, 9.17) is 19.4 Å². The summed E-state index contributed by atoms with van der Waals surface area (Å²) in [5, 5.41) is 13.6. The highest BCUT2D eigenvalue weighted by Crippen LogP contribution is 2.42. The van der Waals surface area contributed by atoms with Crippen molar-refractivity contribution in [3.05, 3.63) is 194 Å². The molecule has 0 fully saturated rings. The van der Waals surface area contributed by atoms with Crippen molar-refractivity contribution in [3.8, 4) is 39.9 Å². The van der Waals surface area contributed by atoms with Gasteiger partial charge in [-0.15, -0.1) is 0 Å². The summed E-state index contributed by atoms with van der Waals surface area (Å²) in [7, 11) is 0. The zero-order chi connectivity index (χ0) is 39.3. The zero-order valence-corrected chi connectivity index (χ0v) is 32.2. The van der Waals surface area contributed by atoms with Gasteiger partial charge in [-0.05, 0) is 86.2 Å². The molecule has 0 spiro atoms. The molecule has 0 aliphatic heterocycles. The fraction of sp³-hybridized carbons (Fsp3) is 0. The maximum absolute atomic E-state index is 6.89. The largest absolute Gasteiger partial charge is 0.455 e. The minimum atomic E-state index is 0.609. The van der Waals surface area contributed by atoms with Gasteiger partial charge < -0.3 is 8.98 Å². The van der Waals surface area contributed by atoms with Gasteiger partial charge in [-0.25, -0.2) is 15.0 Å². The van der Waals surface area contributed by atoms with Crippen LogP contribution in [0.15, 0.2) is 199 Å². The Kier molecular flexibility index (Phi) is 6.95. The van der Waals surface area contributed by atoms with E-state index in [2.05, 4.69) is 199 Å². The first-order valence-electron chi connectivity index (χ1n) is 20.3. The molecule has 0 N–H and O–H groups in total. The van der Waals surface area contributed by atoms with Gasteiger partial charge in [0, 0.05) is 55.4 Å². The summed E-state index contributed by atoms with van der Waals surface area (Å²) in [5.74, 6) is 1.86. The second kappa shape index (κ2) is 12.7. The van der Waals surface area contributed by atoms with Crippen molar-refractivity contribution >= 4 is 86.8 Å². The molecule has 0 saturated carbocycles. The van der Waals surface area contributed by atoms with Gasteiger partial charge in [0.1, 0.15) is 11.2 Å². The molecule has 5 nitrogen and oxygen atoms in total. The maximum atomic E-state index is 6.89. The van der Waals surface area contributed by atoms with Gasteiger partial charge >= 0.3 is 0 Å². The predicted molar refractivity (Wildman–Crippen MR) is 248 cm³/mol. The molecule has 0 aliphatic rings. The molecule has 13 aromatic rings. The quantitative estimate of drug-likeness (QED) is 0.179. The molecule has 0 saturated heterocycles. The summed E-state index contributed by atoms with van der Waals surface area (Å²) in [6.45, 7) is 0. The van der Waals surface area contributed by atoms with Gasteiger partial charge in [0.15, 0.2) is 17.5 Å². The third kappa shape index (κ3) is 5.03. The van der Waals surface area contributed by atoms with Crippen molar-refractivity contribution < 1.29 is 4.42 Å². The fourth-order valence-electron chi connectivity index (χ4n) is 9.26. The molecule has 0 atom stereocenters. The van der Waals surface area contributed by atoms with Crippen molar-refractivity contribution in [1.82, 2.24) is 19.5 Å². The third-order valence-corrected chi connectivity index (χ3v) is 12.2. The number of benzene rings is 10. The Morgan fingerprint density at radius 1 is 0.333 bits per heavy atom. The molecule has 278 valence electrons. The molecule has 10 aromatic carbocycles. The summed E-state index contributed by atoms with van der Waals surface area (Å²) in [6.07, 6.45) is 0. The highest BCUT2D eigenvalue weighted by molar-refractivity contribution is 6.19. The van der Waals surface area contributed by atoms with E-state index in [9.17, 15) is 0 Å². The number of aromatic nitrogens is 4. The van der Waals surface area contributed by atoms with Crippen LogP contribution < -0.4 is 0 Å². The standard InChI is InChI=1S/C55H32N4O/c1-3-13-35-27-39(23-21-33(35)11-1)53-56-54(40-24-22-34-12-2-4-14-36(34)28-40)58-55(57-53)48-32-47-44-26-25-41(31-51(44)60-52(47)45-19-8-7-17-42(45)48)59-49-20-10-9-18-43(49)46-29-37-15-5-6-16-38(37)30-50(46)59/h1-32H. The Bertz CT molecular complexity index is 3820. The minimum Gasteiger partial charge on any atom is -0.455 e. The Morgan fingerprint density at radius 2 is 0.883 bits per heavy atom. The molecule has 0 bridgehead atoms. The topological polar surface area (TPSA) is 56.7 Å². The van der Waals surface area contributed by atoms with E-state index in [1.54, 1.807) is 0 Å². The summed E-state index contributed by atoms with van der Waals surface area (Å²) < 4.78 is 9.25. The van der Waals surface area contributed by atoms with Crippen LogP contribution in [0.1, 0.15) is 0 Å². The van der Waals surface area contributed by atoms with Crippen LogP contribution in [0, 0.1) is 0 Å². The van der Waals surface area contributed by atoms with Crippen LogP contribution in [-0.4, -0.2) is 19.5 Å². The normalized spacial score (nSPS) is 12.0. The summed E-state index contributed by atoms with van der Waals surface area (Å²) in [4.78, 5) is 15.7. The lowest BCUT2D eigenvalue weighted by atomic mass is 9.99. The van der Waals surface area contributed by atoms with Crippen LogP contribution in [0.3, 0.4) is 0 Å². The van der Waals surface area contributed by atoms with Crippen LogP contribution in [0.2, 0.25) is 0 Å². The van der Waals surface area contributed by atoms with Crippen molar-refractivity contribution in [3.63, 3.8) is 0 Å². The molecule has 13 rings (SSSR count). The fourth-order valence-corrected chi connectivity index (χ4v) is 9.26. The van der Waals surface area contributed by atoms with Gasteiger partial charge in [-0.3, -0.25) is 0 Å². The number of hydrogen-bond donors (Lipinski definition) is 0. The number of furan rings is 1. The first-order valence-corrected chi connectivity index (χ1v) is 20.3.